The quantitative estimate of drug-likeness (QED) is 0.936. The van der Waals surface area contributed by atoms with Gasteiger partial charge in [-0.1, -0.05) is 41.7 Å². The fourth-order valence-corrected chi connectivity index (χ4v) is 2.50. The number of carbonyl (C=O) groups is 1. The van der Waals surface area contributed by atoms with Crippen molar-refractivity contribution < 1.29 is 18.0 Å². The number of rotatable bonds is 4. The summed E-state index contributed by atoms with van der Waals surface area (Å²) in [6.07, 6.45) is -4.57. The number of nitrogens with one attached hydrogen (secondary N) is 1. The summed E-state index contributed by atoms with van der Waals surface area (Å²) in [6.45, 7) is 0. The van der Waals surface area contributed by atoms with Crippen molar-refractivity contribution in [3.8, 4) is 0 Å². The normalized spacial score (nSPS) is 13.2. The van der Waals surface area contributed by atoms with Crippen LogP contribution in [0.15, 0.2) is 30.3 Å². The number of hydrogen-bond donors (Lipinski definition) is 1. The Bertz CT molecular complexity index is 642. The Morgan fingerprint density at radius 2 is 1.86 bits per heavy atom. The maximum Gasteiger partial charge on any atom is 0.445 e. The SMILES string of the molecule is CN(C)C(C(=O)Nc1nnc(C(F)(F)F)s1)c1ccccc1. The van der Waals surface area contributed by atoms with Gasteiger partial charge in [0.15, 0.2) is 0 Å². The van der Waals surface area contributed by atoms with Crippen LogP contribution in [0.25, 0.3) is 0 Å². The van der Waals surface area contributed by atoms with Crippen molar-refractivity contribution in [2.45, 2.75) is 12.2 Å². The second-order valence-electron chi connectivity index (χ2n) is 4.68. The van der Waals surface area contributed by atoms with Crippen molar-refractivity contribution in [1.82, 2.24) is 15.1 Å². The van der Waals surface area contributed by atoms with E-state index >= 15 is 0 Å². The summed E-state index contributed by atoms with van der Waals surface area (Å²) in [5.74, 6) is -0.471. The minimum atomic E-state index is -4.57. The highest BCUT2D eigenvalue weighted by atomic mass is 32.1. The van der Waals surface area contributed by atoms with Gasteiger partial charge in [-0.3, -0.25) is 15.0 Å². The first kappa shape index (κ1) is 16.4. The highest BCUT2D eigenvalue weighted by Crippen LogP contribution is 2.33. The Balaban J connectivity index is 2.17. The fraction of sp³-hybridized carbons (Fsp3) is 0.308. The lowest BCUT2D eigenvalue weighted by molar-refractivity contribution is -0.138. The summed E-state index contributed by atoms with van der Waals surface area (Å²) in [6, 6.07) is 8.28. The average Bonchev–Trinajstić information content (AvgIpc) is 2.88. The van der Waals surface area contributed by atoms with Crippen LogP contribution in [0.3, 0.4) is 0 Å². The second-order valence-corrected chi connectivity index (χ2v) is 5.65. The standard InChI is InChI=1S/C13H13F3N4OS/c1-20(2)9(8-6-4-3-5-7-8)10(21)17-12-19-18-11(22-12)13(14,15)16/h3-7,9H,1-2H3,(H,17,19,21). The van der Waals surface area contributed by atoms with Gasteiger partial charge in [0.1, 0.15) is 6.04 Å². The number of benzene rings is 1. The molecule has 2 aromatic rings. The molecule has 0 spiro atoms. The van der Waals surface area contributed by atoms with Gasteiger partial charge in [0.2, 0.25) is 16.0 Å². The third-order valence-corrected chi connectivity index (χ3v) is 3.66. The topological polar surface area (TPSA) is 58.1 Å². The van der Waals surface area contributed by atoms with Crippen LogP contribution < -0.4 is 5.32 Å². The molecule has 2 rings (SSSR count). The molecule has 1 amide bonds. The fourth-order valence-electron chi connectivity index (χ4n) is 1.88. The predicted molar refractivity (Wildman–Crippen MR) is 76.4 cm³/mol. The minimum Gasteiger partial charge on any atom is -0.299 e. The molecule has 0 aliphatic carbocycles. The predicted octanol–water partition coefficient (Wildman–Crippen LogP) is 2.80. The molecule has 9 heteroatoms. The molecule has 0 radical (unpaired) electrons. The summed E-state index contributed by atoms with van der Waals surface area (Å²) in [4.78, 5) is 14.0. The molecular formula is C13H13F3N4OS. The Morgan fingerprint density at radius 1 is 1.23 bits per heavy atom. The van der Waals surface area contributed by atoms with Crippen LogP contribution in [0.2, 0.25) is 0 Å². The highest BCUT2D eigenvalue weighted by molar-refractivity contribution is 7.15. The van der Waals surface area contributed by atoms with E-state index in [4.69, 9.17) is 0 Å². The van der Waals surface area contributed by atoms with Crippen molar-refractivity contribution in [2.75, 3.05) is 19.4 Å². The van der Waals surface area contributed by atoms with Gasteiger partial charge in [-0.2, -0.15) is 13.2 Å². The first-order valence-corrected chi connectivity index (χ1v) is 7.03. The van der Waals surface area contributed by atoms with Gasteiger partial charge in [0.25, 0.3) is 0 Å². The number of halogens is 3. The highest BCUT2D eigenvalue weighted by Gasteiger charge is 2.36. The molecule has 0 saturated heterocycles. The van der Waals surface area contributed by atoms with Gasteiger partial charge < -0.3 is 0 Å². The minimum absolute atomic E-state index is 0.180. The van der Waals surface area contributed by atoms with E-state index in [1.54, 1.807) is 43.3 Å². The van der Waals surface area contributed by atoms with E-state index in [0.29, 0.717) is 11.3 Å². The van der Waals surface area contributed by atoms with E-state index in [1.807, 2.05) is 6.07 Å². The molecule has 1 aromatic carbocycles. The van der Waals surface area contributed by atoms with Gasteiger partial charge in [-0.15, -0.1) is 10.2 Å². The van der Waals surface area contributed by atoms with Crippen LogP contribution >= 0.6 is 11.3 Å². The average molecular weight is 330 g/mol. The van der Waals surface area contributed by atoms with E-state index in [-0.39, 0.29) is 5.13 Å². The first-order valence-electron chi connectivity index (χ1n) is 6.22. The van der Waals surface area contributed by atoms with Crippen LogP contribution in [0, 0.1) is 0 Å². The Hall–Kier alpha value is -2.00. The summed E-state index contributed by atoms with van der Waals surface area (Å²) >= 11 is 0.295. The smallest absolute Gasteiger partial charge is 0.299 e. The summed E-state index contributed by atoms with van der Waals surface area (Å²) in [7, 11) is 3.41. The molecule has 0 aliphatic heterocycles. The van der Waals surface area contributed by atoms with Crippen molar-refractivity contribution in [3.63, 3.8) is 0 Å². The Morgan fingerprint density at radius 3 is 2.36 bits per heavy atom. The van der Waals surface area contributed by atoms with Crippen LogP contribution in [0.4, 0.5) is 18.3 Å². The van der Waals surface area contributed by atoms with Crippen molar-refractivity contribution in [1.29, 1.82) is 0 Å². The van der Waals surface area contributed by atoms with Crippen molar-refractivity contribution in [2.24, 2.45) is 0 Å². The van der Waals surface area contributed by atoms with Gasteiger partial charge in [0, 0.05) is 0 Å². The number of alkyl halides is 3. The molecular weight excluding hydrogens is 317 g/mol. The van der Waals surface area contributed by atoms with Crippen LogP contribution in [0.1, 0.15) is 16.6 Å². The maximum absolute atomic E-state index is 12.5. The molecule has 0 fully saturated rings. The second kappa shape index (κ2) is 6.41. The number of anilines is 1. The van der Waals surface area contributed by atoms with E-state index in [2.05, 4.69) is 15.5 Å². The number of nitrogens with zero attached hydrogens (tertiary/aromatic N) is 3. The molecule has 5 nitrogen and oxygen atoms in total. The van der Waals surface area contributed by atoms with Gasteiger partial charge in [0.05, 0.1) is 0 Å². The van der Waals surface area contributed by atoms with E-state index < -0.39 is 23.1 Å². The molecule has 0 aliphatic rings. The molecule has 1 unspecified atom stereocenters. The third-order valence-electron chi connectivity index (χ3n) is 2.78. The molecule has 0 bridgehead atoms. The van der Waals surface area contributed by atoms with Crippen LogP contribution in [-0.4, -0.2) is 35.1 Å². The van der Waals surface area contributed by atoms with Gasteiger partial charge in [-0.05, 0) is 19.7 Å². The van der Waals surface area contributed by atoms with Crippen LogP contribution in [0.5, 0.6) is 0 Å². The molecule has 22 heavy (non-hydrogen) atoms. The zero-order valence-corrected chi connectivity index (χ0v) is 12.6. The van der Waals surface area contributed by atoms with Gasteiger partial charge >= 0.3 is 6.18 Å². The number of amides is 1. The summed E-state index contributed by atoms with van der Waals surface area (Å²) in [5, 5.41) is 7.49. The number of carbonyl (C=O) groups excluding carboxylic acids is 1. The molecule has 1 aromatic heterocycles. The number of aromatic nitrogens is 2. The maximum atomic E-state index is 12.5. The molecule has 0 saturated carbocycles. The van der Waals surface area contributed by atoms with Crippen molar-refractivity contribution >= 4 is 22.4 Å². The number of hydrogen-bond acceptors (Lipinski definition) is 5. The Kier molecular flexibility index (Phi) is 4.77. The third kappa shape index (κ3) is 3.80. The van der Waals surface area contributed by atoms with Gasteiger partial charge in [-0.25, -0.2) is 0 Å². The van der Waals surface area contributed by atoms with E-state index in [0.717, 1.165) is 5.56 Å². The number of likely N-dealkylation sites (N-methyl/N-ethyl adjacent to an activating group) is 1. The lowest BCUT2D eigenvalue weighted by Crippen LogP contribution is -2.32. The summed E-state index contributed by atoms with van der Waals surface area (Å²) < 4.78 is 37.4. The lowest BCUT2D eigenvalue weighted by atomic mass is 10.1. The molecule has 1 N–H and O–H groups in total. The zero-order valence-electron chi connectivity index (χ0n) is 11.8. The van der Waals surface area contributed by atoms with Crippen molar-refractivity contribution in [3.05, 3.63) is 40.9 Å². The molecule has 1 heterocycles. The lowest BCUT2D eigenvalue weighted by Gasteiger charge is -2.23. The molecule has 1 atom stereocenters. The first-order chi connectivity index (χ1) is 10.3. The zero-order chi connectivity index (χ0) is 16.3. The largest absolute Gasteiger partial charge is 0.445 e. The summed E-state index contributed by atoms with van der Waals surface area (Å²) in [5.41, 5.74) is 0.727. The molecule has 118 valence electrons. The van der Waals surface area contributed by atoms with E-state index in [9.17, 15) is 18.0 Å². The Labute approximate surface area is 128 Å². The van der Waals surface area contributed by atoms with Crippen LogP contribution in [-0.2, 0) is 11.0 Å². The van der Waals surface area contributed by atoms with E-state index in [1.165, 1.54) is 0 Å². The monoisotopic (exact) mass is 330 g/mol.